The summed E-state index contributed by atoms with van der Waals surface area (Å²) < 4.78 is 21.1. The van der Waals surface area contributed by atoms with Crippen LogP contribution in [-0.2, 0) is 4.79 Å². The van der Waals surface area contributed by atoms with Crippen LogP contribution in [0.15, 0.2) is 83.8 Å². The van der Waals surface area contributed by atoms with Gasteiger partial charge in [0.15, 0.2) is 6.10 Å². The summed E-state index contributed by atoms with van der Waals surface area (Å²) in [6.45, 7) is 4.23. The highest BCUT2D eigenvalue weighted by atomic mass is 19.1. The van der Waals surface area contributed by atoms with Gasteiger partial charge in [0.05, 0.1) is 16.6 Å². The van der Waals surface area contributed by atoms with Crippen molar-refractivity contribution in [2.24, 2.45) is 0 Å². The Labute approximate surface area is 223 Å². The number of nitrogens with zero attached hydrogens (tertiary/aromatic N) is 4. The molecule has 39 heavy (non-hydrogen) atoms. The molecule has 1 aliphatic heterocycles. The SMILES string of the molecule is CC(Oc1ccc2c(c1)c1ccnc3c4ccccc4c(=O)n2c13)C(=O)N1CCN(c2ccc(F)cc2)CC1. The lowest BCUT2D eigenvalue weighted by Crippen LogP contribution is -2.52. The zero-order valence-electron chi connectivity index (χ0n) is 21.3. The summed E-state index contributed by atoms with van der Waals surface area (Å²) in [6.07, 6.45) is 1.09. The van der Waals surface area contributed by atoms with Crippen LogP contribution in [0.4, 0.5) is 10.1 Å². The summed E-state index contributed by atoms with van der Waals surface area (Å²) in [4.78, 5) is 35.2. The van der Waals surface area contributed by atoms with E-state index in [9.17, 15) is 14.0 Å². The number of hydrogen-bond acceptors (Lipinski definition) is 5. The van der Waals surface area contributed by atoms with Crippen LogP contribution in [0, 0.1) is 5.82 Å². The van der Waals surface area contributed by atoms with Gasteiger partial charge in [0.2, 0.25) is 0 Å². The van der Waals surface area contributed by atoms with E-state index in [4.69, 9.17) is 4.74 Å². The van der Waals surface area contributed by atoms with Gasteiger partial charge in [0.25, 0.3) is 11.5 Å². The van der Waals surface area contributed by atoms with Crippen molar-refractivity contribution in [3.05, 3.63) is 95.2 Å². The molecule has 1 unspecified atom stereocenters. The van der Waals surface area contributed by atoms with Crippen molar-refractivity contribution in [3.8, 4) is 5.75 Å². The minimum absolute atomic E-state index is 0.0775. The standard InChI is InChI=1S/C31H25FN4O3/c1-19(30(37)35-16-14-34(15-17-35)21-8-6-20(32)7-9-21)39-22-10-11-27-26(18-22)24-12-13-33-28-23-4-2-3-5-25(23)31(38)36(27)29(24)28/h2-13,18-19H,14-17H2,1H3. The first kappa shape index (κ1) is 23.4. The lowest BCUT2D eigenvalue weighted by Gasteiger charge is -2.37. The summed E-state index contributed by atoms with van der Waals surface area (Å²) >= 11 is 0. The largest absolute Gasteiger partial charge is 0.481 e. The number of rotatable bonds is 4. The number of anilines is 1. The van der Waals surface area contributed by atoms with Crippen molar-refractivity contribution >= 4 is 49.7 Å². The summed E-state index contributed by atoms with van der Waals surface area (Å²) in [6, 6.07) is 21.5. The van der Waals surface area contributed by atoms with Crippen molar-refractivity contribution in [1.29, 1.82) is 0 Å². The molecule has 0 N–H and O–H groups in total. The van der Waals surface area contributed by atoms with Gasteiger partial charge in [0, 0.05) is 59.6 Å². The highest BCUT2D eigenvalue weighted by Gasteiger charge is 2.27. The van der Waals surface area contributed by atoms with Crippen LogP contribution in [-0.4, -0.2) is 52.5 Å². The fraction of sp³-hybridized carbons (Fsp3) is 0.194. The maximum Gasteiger partial charge on any atom is 0.263 e. The van der Waals surface area contributed by atoms with E-state index in [1.165, 1.54) is 12.1 Å². The Kier molecular flexibility index (Phi) is 5.36. The first-order chi connectivity index (χ1) is 19.0. The molecule has 3 aromatic heterocycles. The van der Waals surface area contributed by atoms with Gasteiger partial charge in [0.1, 0.15) is 11.6 Å². The fourth-order valence-electron chi connectivity index (χ4n) is 5.77. The van der Waals surface area contributed by atoms with Crippen molar-refractivity contribution in [2.45, 2.75) is 13.0 Å². The van der Waals surface area contributed by atoms with Crippen molar-refractivity contribution in [1.82, 2.24) is 14.3 Å². The molecular weight excluding hydrogens is 495 g/mol. The van der Waals surface area contributed by atoms with Crippen LogP contribution in [0.1, 0.15) is 6.92 Å². The first-order valence-electron chi connectivity index (χ1n) is 13.0. The Morgan fingerprint density at radius 3 is 2.41 bits per heavy atom. The number of carbonyl (C=O) groups is 1. The highest BCUT2D eigenvalue weighted by molar-refractivity contribution is 6.18. The molecule has 0 aliphatic carbocycles. The van der Waals surface area contributed by atoms with Gasteiger partial charge < -0.3 is 14.5 Å². The van der Waals surface area contributed by atoms with E-state index in [-0.39, 0.29) is 17.3 Å². The first-order valence-corrected chi connectivity index (χ1v) is 13.0. The van der Waals surface area contributed by atoms with Gasteiger partial charge in [-0.2, -0.15) is 0 Å². The van der Waals surface area contributed by atoms with Gasteiger partial charge in [-0.15, -0.1) is 0 Å². The summed E-state index contributed by atoms with van der Waals surface area (Å²) in [5, 5.41) is 3.25. The molecule has 1 atom stereocenters. The Balaban J connectivity index is 1.15. The molecule has 0 saturated carbocycles. The van der Waals surface area contributed by atoms with Crippen molar-refractivity contribution in [2.75, 3.05) is 31.1 Å². The van der Waals surface area contributed by atoms with E-state index in [1.54, 1.807) is 29.7 Å². The number of piperazine rings is 1. The molecule has 0 spiro atoms. The van der Waals surface area contributed by atoms with E-state index in [2.05, 4.69) is 9.88 Å². The highest BCUT2D eigenvalue weighted by Crippen LogP contribution is 2.34. The van der Waals surface area contributed by atoms with Crippen molar-refractivity contribution < 1.29 is 13.9 Å². The number of carbonyl (C=O) groups excluding carboxylic acids is 1. The molecule has 7 nitrogen and oxygen atoms in total. The maximum atomic E-state index is 13.5. The second-order valence-electron chi connectivity index (χ2n) is 9.97. The zero-order valence-corrected chi connectivity index (χ0v) is 21.3. The zero-order chi connectivity index (χ0) is 26.7. The molecular formula is C31H25FN4O3. The average molecular weight is 521 g/mol. The molecule has 1 amide bonds. The third-order valence-electron chi connectivity index (χ3n) is 7.71. The number of halogens is 1. The minimum atomic E-state index is -0.674. The second-order valence-corrected chi connectivity index (χ2v) is 9.97. The number of benzene rings is 3. The number of hydrogen-bond donors (Lipinski definition) is 0. The third kappa shape index (κ3) is 3.74. The number of ether oxygens (including phenoxy) is 1. The summed E-state index contributed by atoms with van der Waals surface area (Å²) in [5.74, 6) is 0.226. The molecule has 7 rings (SSSR count). The van der Waals surface area contributed by atoms with E-state index in [0.29, 0.717) is 37.3 Å². The molecule has 0 bridgehead atoms. The van der Waals surface area contributed by atoms with Gasteiger partial charge in [-0.3, -0.25) is 19.0 Å². The second kappa shape index (κ2) is 8.94. The molecule has 1 aliphatic rings. The van der Waals surface area contributed by atoms with E-state index >= 15 is 0 Å². The maximum absolute atomic E-state index is 13.5. The monoisotopic (exact) mass is 520 g/mol. The third-order valence-corrected chi connectivity index (χ3v) is 7.71. The number of fused-ring (bicyclic) bond motifs is 5. The molecule has 3 aromatic carbocycles. The van der Waals surface area contributed by atoms with Crippen molar-refractivity contribution in [3.63, 3.8) is 0 Å². The molecule has 1 saturated heterocycles. The predicted molar refractivity (Wildman–Crippen MR) is 150 cm³/mol. The van der Waals surface area contributed by atoms with Crippen LogP contribution in [0.2, 0.25) is 0 Å². The fourth-order valence-corrected chi connectivity index (χ4v) is 5.77. The topological polar surface area (TPSA) is 67.1 Å². The van der Waals surface area contributed by atoms with Gasteiger partial charge >= 0.3 is 0 Å². The molecule has 8 heteroatoms. The number of amides is 1. The van der Waals surface area contributed by atoms with Crippen LogP contribution in [0.3, 0.4) is 0 Å². The van der Waals surface area contributed by atoms with Crippen LogP contribution < -0.4 is 15.2 Å². The van der Waals surface area contributed by atoms with Gasteiger partial charge in [-0.1, -0.05) is 18.2 Å². The number of pyridine rings is 2. The molecule has 1 fully saturated rings. The summed E-state index contributed by atoms with van der Waals surface area (Å²) in [7, 11) is 0. The van der Waals surface area contributed by atoms with Crippen LogP contribution in [0.25, 0.3) is 38.1 Å². The van der Waals surface area contributed by atoms with E-state index in [1.807, 2.05) is 53.4 Å². The lowest BCUT2D eigenvalue weighted by molar-refractivity contribution is -0.138. The number of aromatic nitrogens is 2. The predicted octanol–water partition coefficient (Wildman–Crippen LogP) is 4.85. The quantitative estimate of drug-likeness (QED) is 0.311. The molecule has 4 heterocycles. The van der Waals surface area contributed by atoms with Gasteiger partial charge in [-0.25, -0.2) is 4.39 Å². The molecule has 0 radical (unpaired) electrons. The Morgan fingerprint density at radius 1 is 0.897 bits per heavy atom. The average Bonchev–Trinajstić information content (AvgIpc) is 3.31. The molecule has 6 aromatic rings. The Hall–Kier alpha value is -4.72. The Morgan fingerprint density at radius 2 is 1.64 bits per heavy atom. The normalized spacial score (nSPS) is 15.0. The minimum Gasteiger partial charge on any atom is -0.481 e. The van der Waals surface area contributed by atoms with E-state index < -0.39 is 6.10 Å². The molecule has 194 valence electrons. The summed E-state index contributed by atoms with van der Waals surface area (Å²) in [5.41, 5.74) is 3.22. The van der Waals surface area contributed by atoms with Gasteiger partial charge in [-0.05, 0) is 61.5 Å². The smallest absolute Gasteiger partial charge is 0.263 e. The van der Waals surface area contributed by atoms with Crippen LogP contribution >= 0.6 is 0 Å². The van der Waals surface area contributed by atoms with Crippen LogP contribution in [0.5, 0.6) is 5.75 Å². The lowest BCUT2D eigenvalue weighted by atomic mass is 10.1. The Bertz CT molecular complexity index is 1930. The van der Waals surface area contributed by atoms with E-state index in [0.717, 1.165) is 38.4 Å².